The van der Waals surface area contributed by atoms with Crippen molar-refractivity contribution in [1.82, 2.24) is 4.90 Å². The van der Waals surface area contributed by atoms with Crippen molar-refractivity contribution in [3.05, 3.63) is 70.2 Å². The van der Waals surface area contributed by atoms with Gasteiger partial charge in [-0.2, -0.15) is 0 Å². The van der Waals surface area contributed by atoms with Gasteiger partial charge in [-0.3, -0.25) is 4.79 Å². The minimum atomic E-state index is -0.810. The Hall–Kier alpha value is -1.53. The summed E-state index contributed by atoms with van der Waals surface area (Å²) in [6.07, 6.45) is 2.74. The van der Waals surface area contributed by atoms with Crippen molar-refractivity contribution in [1.29, 1.82) is 0 Å². The monoisotopic (exact) mass is 443 g/mol. The van der Waals surface area contributed by atoms with Crippen LogP contribution in [0.15, 0.2) is 42.5 Å². The molecule has 1 heterocycles. The van der Waals surface area contributed by atoms with Crippen LogP contribution in [0.3, 0.4) is 0 Å². The maximum absolute atomic E-state index is 13.7. The van der Waals surface area contributed by atoms with E-state index in [1.54, 1.807) is 0 Å². The molecule has 1 fully saturated rings. The van der Waals surface area contributed by atoms with Crippen molar-refractivity contribution in [2.24, 2.45) is 0 Å². The first-order chi connectivity index (χ1) is 13.3. The number of hydrogen-bond donors (Lipinski definition) is 1. The minimum absolute atomic E-state index is 0. The molecule has 1 N–H and O–H groups in total. The van der Waals surface area contributed by atoms with Gasteiger partial charge in [0.1, 0.15) is 11.6 Å². The number of rotatable bonds is 7. The first-order valence-corrected chi connectivity index (χ1v) is 9.90. The van der Waals surface area contributed by atoms with Gasteiger partial charge in [0.15, 0.2) is 5.78 Å². The molecular formula is C22H25Cl2F2NO2. The van der Waals surface area contributed by atoms with Crippen LogP contribution in [0.1, 0.15) is 41.6 Å². The Bertz CT molecular complexity index is 822. The van der Waals surface area contributed by atoms with E-state index in [1.165, 1.54) is 6.07 Å². The molecule has 3 nitrogen and oxygen atoms in total. The third-order valence-electron chi connectivity index (χ3n) is 5.34. The van der Waals surface area contributed by atoms with Gasteiger partial charge in [0, 0.05) is 37.0 Å². The molecule has 0 saturated carbocycles. The summed E-state index contributed by atoms with van der Waals surface area (Å²) in [5.74, 6) is -1.81. The molecule has 7 heteroatoms. The number of hydrogen-bond acceptors (Lipinski definition) is 3. The molecule has 0 aliphatic carbocycles. The van der Waals surface area contributed by atoms with Crippen LogP contribution in [0.2, 0.25) is 5.02 Å². The summed E-state index contributed by atoms with van der Waals surface area (Å²) in [4.78, 5) is 14.3. The van der Waals surface area contributed by atoms with Crippen LogP contribution < -0.4 is 0 Å². The maximum Gasteiger partial charge on any atom is 0.165 e. The molecule has 0 radical (unpaired) electrons. The summed E-state index contributed by atoms with van der Waals surface area (Å²) < 4.78 is 26.6. The highest BCUT2D eigenvalue weighted by atomic mass is 35.5. The predicted octanol–water partition coefficient (Wildman–Crippen LogP) is 5.07. The Kier molecular flexibility index (Phi) is 8.58. The number of carbonyl (C=O) groups excluding carboxylic acids is 1. The second-order valence-corrected chi connectivity index (χ2v) is 7.96. The maximum atomic E-state index is 13.7. The fraction of sp³-hybridized carbons (Fsp3) is 0.409. The van der Waals surface area contributed by atoms with E-state index in [2.05, 4.69) is 4.90 Å². The summed E-state index contributed by atoms with van der Waals surface area (Å²) in [6, 6.07) is 10.6. The Labute approximate surface area is 181 Å². The van der Waals surface area contributed by atoms with Gasteiger partial charge < -0.3 is 10.0 Å². The van der Waals surface area contributed by atoms with Crippen molar-refractivity contribution in [3.8, 4) is 0 Å². The average molecular weight is 444 g/mol. The highest BCUT2D eigenvalue weighted by molar-refractivity contribution is 6.30. The zero-order valence-corrected chi connectivity index (χ0v) is 17.6. The second kappa shape index (κ2) is 10.5. The van der Waals surface area contributed by atoms with Gasteiger partial charge in [0.2, 0.25) is 0 Å². The van der Waals surface area contributed by atoms with E-state index < -0.39 is 17.2 Å². The molecule has 158 valence electrons. The number of ketones is 1. The summed E-state index contributed by atoms with van der Waals surface area (Å²) in [5.41, 5.74) is 0.279. The molecule has 0 aromatic heterocycles. The van der Waals surface area contributed by atoms with Gasteiger partial charge in [-0.05, 0) is 55.6 Å². The number of benzene rings is 2. The third-order valence-corrected chi connectivity index (χ3v) is 5.59. The fourth-order valence-corrected chi connectivity index (χ4v) is 3.79. The zero-order chi connectivity index (χ0) is 20.1. The number of piperidine rings is 1. The summed E-state index contributed by atoms with van der Waals surface area (Å²) in [6.45, 7) is 2.22. The number of likely N-dealkylation sites (tertiary alicyclic amines) is 1. The third kappa shape index (κ3) is 6.75. The van der Waals surface area contributed by atoms with Crippen LogP contribution in [0.25, 0.3) is 0 Å². The van der Waals surface area contributed by atoms with Crippen LogP contribution in [0.5, 0.6) is 0 Å². The highest BCUT2D eigenvalue weighted by Gasteiger charge is 2.32. The predicted molar refractivity (Wildman–Crippen MR) is 113 cm³/mol. The quantitative estimate of drug-likeness (QED) is 0.607. The lowest BCUT2D eigenvalue weighted by molar-refractivity contribution is -0.0207. The molecule has 1 aliphatic heterocycles. The summed E-state index contributed by atoms with van der Waals surface area (Å²) in [5, 5.41) is 11.5. The number of carbonyl (C=O) groups is 1. The topological polar surface area (TPSA) is 40.5 Å². The number of nitrogens with zero attached hydrogens (tertiary/aromatic N) is 1. The van der Waals surface area contributed by atoms with Gasteiger partial charge in [0.05, 0.1) is 11.2 Å². The first kappa shape index (κ1) is 23.7. The molecule has 3 rings (SSSR count). The molecule has 0 bridgehead atoms. The minimum Gasteiger partial charge on any atom is -0.389 e. The van der Waals surface area contributed by atoms with Gasteiger partial charge in [-0.1, -0.05) is 23.7 Å². The number of aliphatic hydroxyl groups is 1. The van der Waals surface area contributed by atoms with Gasteiger partial charge in [0.25, 0.3) is 0 Å². The standard InChI is InChI=1S/C22H24ClF2NO2.ClH/c23-17-5-3-16(4-6-17)15-22(28)9-12-26(13-10-22)11-1-2-21(27)19-8-7-18(24)14-20(19)25;/h3-8,14,28H,1-2,9-13,15H2;1H. The molecule has 0 amide bonds. The zero-order valence-electron chi connectivity index (χ0n) is 16.0. The van der Waals surface area contributed by atoms with Crippen molar-refractivity contribution in [2.45, 2.75) is 37.7 Å². The van der Waals surface area contributed by atoms with Gasteiger partial charge >= 0.3 is 0 Å². The van der Waals surface area contributed by atoms with Gasteiger partial charge in [-0.25, -0.2) is 8.78 Å². The fourth-order valence-electron chi connectivity index (χ4n) is 3.67. The van der Waals surface area contributed by atoms with Crippen LogP contribution >= 0.6 is 24.0 Å². The molecule has 1 saturated heterocycles. The number of halogens is 4. The van der Waals surface area contributed by atoms with Crippen molar-refractivity contribution in [2.75, 3.05) is 19.6 Å². The summed E-state index contributed by atoms with van der Waals surface area (Å²) >= 11 is 5.90. The van der Waals surface area contributed by atoms with Crippen molar-refractivity contribution < 1.29 is 18.7 Å². The van der Waals surface area contributed by atoms with Gasteiger partial charge in [-0.15, -0.1) is 12.4 Å². The largest absolute Gasteiger partial charge is 0.389 e. The van der Waals surface area contributed by atoms with E-state index in [0.29, 0.717) is 37.3 Å². The highest BCUT2D eigenvalue weighted by Crippen LogP contribution is 2.27. The molecule has 0 atom stereocenters. The molecule has 1 aliphatic rings. The van der Waals surface area contributed by atoms with E-state index in [4.69, 9.17) is 11.6 Å². The van der Waals surface area contributed by atoms with Crippen LogP contribution in [0, 0.1) is 11.6 Å². The number of Topliss-reactive ketones (excluding diaryl/α,β-unsaturated/α-hetero) is 1. The van der Waals surface area contributed by atoms with Crippen molar-refractivity contribution in [3.63, 3.8) is 0 Å². The van der Waals surface area contributed by atoms with E-state index >= 15 is 0 Å². The molecule has 2 aromatic rings. The molecule has 0 unspecified atom stereocenters. The van der Waals surface area contributed by atoms with Crippen LogP contribution in [-0.4, -0.2) is 41.0 Å². The lowest BCUT2D eigenvalue weighted by atomic mass is 9.85. The lowest BCUT2D eigenvalue weighted by Gasteiger charge is -2.38. The lowest BCUT2D eigenvalue weighted by Crippen LogP contribution is -2.45. The van der Waals surface area contributed by atoms with E-state index in [1.807, 2.05) is 24.3 Å². The molecule has 2 aromatic carbocycles. The smallest absolute Gasteiger partial charge is 0.165 e. The van der Waals surface area contributed by atoms with E-state index in [9.17, 15) is 18.7 Å². The first-order valence-electron chi connectivity index (χ1n) is 9.52. The normalized spacial score (nSPS) is 16.3. The van der Waals surface area contributed by atoms with Crippen LogP contribution in [0.4, 0.5) is 8.78 Å². The molecule has 0 spiro atoms. The molecular weight excluding hydrogens is 419 g/mol. The Morgan fingerprint density at radius 2 is 1.76 bits per heavy atom. The average Bonchev–Trinajstić information content (AvgIpc) is 2.65. The Morgan fingerprint density at radius 3 is 2.38 bits per heavy atom. The second-order valence-electron chi connectivity index (χ2n) is 7.52. The van der Waals surface area contributed by atoms with E-state index in [-0.39, 0.29) is 30.2 Å². The van der Waals surface area contributed by atoms with Crippen molar-refractivity contribution >= 4 is 29.8 Å². The molecule has 29 heavy (non-hydrogen) atoms. The van der Waals surface area contributed by atoms with Crippen LogP contribution in [-0.2, 0) is 6.42 Å². The van der Waals surface area contributed by atoms with E-state index in [0.717, 1.165) is 30.8 Å². The SMILES string of the molecule is Cl.O=C(CCCN1CCC(O)(Cc2ccc(Cl)cc2)CC1)c1ccc(F)cc1F. The Morgan fingerprint density at radius 1 is 1.10 bits per heavy atom. The summed E-state index contributed by atoms with van der Waals surface area (Å²) in [7, 11) is 0. The Balaban J connectivity index is 0.00000300.